The Morgan fingerprint density at radius 3 is 2.76 bits per heavy atom. The zero-order valence-electron chi connectivity index (χ0n) is 10.2. The van der Waals surface area contributed by atoms with Crippen LogP contribution in [0.1, 0.15) is 37.1 Å². The zero-order chi connectivity index (χ0) is 12.0. The first-order chi connectivity index (χ1) is 8.20. The lowest BCUT2D eigenvalue weighted by Crippen LogP contribution is -2.06. The van der Waals surface area contributed by atoms with Gasteiger partial charge in [0, 0.05) is 19.2 Å². The maximum Gasteiger partial charge on any atom is 0.175 e. The summed E-state index contributed by atoms with van der Waals surface area (Å²) in [5.74, 6) is 1.53. The molecule has 0 aliphatic heterocycles. The molecule has 1 aliphatic rings. The Morgan fingerprint density at radius 1 is 1.41 bits per heavy atom. The first-order valence-corrected chi connectivity index (χ1v) is 6.08. The highest BCUT2D eigenvalue weighted by Gasteiger charge is 2.26. The van der Waals surface area contributed by atoms with Gasteiger partial charge in [-0.3, -0.25) is 0 Å². The summed E-state index contributed by atoms with van der Waals surface area (Å²) in [5, 5.41) is 8.99. The lowest BCUT2D eigenvalue weighted by molar-refractivity contribution is 0.684. The number of rotatable bonds is 3. The quantitative estimate of drug-likeness (QED) is 0.873. The number of anilines is 1. The van der Waals surface area contributed by atoms with E-state index in [0.717, 1.165) is 23.6 Å². The van der Waals surface area contributed by atoms with E-state index in [1.807, 2.05) is 17.9 Å². The van der Waals surface area contributed by atoms with Crippen LogP contribution in [0, 0.1) is 0 Å². The fraction of sp³-hybridized carbons (Fsp3) is 0.500. The van der Waals surface area contributed by atoms with Crippen LogP contribution in [-0.2, 0) is 13.5 Å². The minimum Gasteiger partial charge on any atom is -0.394 e. The Morgan fingerprint density at radius 2 is 2.18 bits per heavy atom. The predicted molar refractivity (Wildman–Crippen MR) is 66.1 cm³/mol. The first kappa shape index (κ1) is 10.4. The normalized spacial score (nSPS) is 15.4. The summed E-state index contributed by atoms with van der Waals surface area (Å²) in [4.78, 5) is 0. The number of aryl methyl sites for hydroxylation is 2. The molecule has 1 fully saturated rings. The van der Waals surface area contributed by atoms with Gasteiger partial charge < -0.3 is 5.73 Å². The van der Waals surface area contributed by atoms with E-state index >= 15 is 0 Å². The molecule has 2 aromatic rings. The third-order valence-electron chi connectivity index (χ3n) is 3.29. The lowest BCUT2D eigenvalue weighted by atomic mass is 10.3. The highest BCUT2D eigenvalue weighted by Crippen LogP contribution is 2.39. The van der Waals surface area contributed by atoms with Gasteiger partial charge in [0.15, 0.2) is 5.82 Å². The molecule has 0 unspecified atom stereocenters. The van der Waals surface area contributed by atoms with Crippen molar-refractivity contribution in [2.24, 2.45) is 7.05 Å². The molecule has 1 aliphatic carbocycles. The number of hydrogen-bond donors (Lipinski definition) is 1. The van der Waals surface area contributed by atoms with Gasteiger partial charge in [-0.2, -0.15) is 10.2 Å². The molecule has 2 aromatic heterocycles. The predicted octanol–water partition coefficient (Wildman–Crippen LogP) is 1.63. The summed E-state index contributed by atoms with van der Waals surface area (Å²) >= 11 is 0. The summed E-state index contributed by atoms with van der Waals surface area (Å²) in [7, 11) is 1.91. The topological polar surface area (TPSA) is 61.7 Å². The molecule has 3 rings (SSSR count). The Bertz CT molecular complexity index is 547. The van der Waals surface area contributed by atoms with E-state index < -0.39 is 0 Å². The van der Waals surface area contributed by atoms with Gasteiger partial charge in [0.25, 0.3) is 0 Å². The van der Waals surface area contributed by atoms with Gasteiger partial charge in [0.1, 0.15) is 5.69 Å². The van der Waals surface area contributed by atoms with Gasteiger partial charge in [0.05, 0.1) is 11.4 Å². The van der Waals surface area contributed by atoms with Crippen molar-refractivity contribution in [2.45, 2.75) is 32.1 Å². The second kappa shape index (κ2) is 3.61. The average Bonchev–Trinajstić information content (AvgIpc) is 2.99. The largest absolute Gasteiger partial charge is 0.394 e. The highest BCUT2D eigenvalue weighted by molar-refractivity contribution is 5.57. The van der Waals surface area contributed by atoms with Gasteiger partial charge in [-0.25, -0.2) is 9.36 Å². The van der Waals surface area contributed by atoms with Crippen molar-refractivity contribution in [3.05, 3.63) is 23.7 Å². The molecule has 0 bridgehead atoms. The molecule has 0 radical (unpaired) electrons. The molecule has 0 aromatic carbocycles. The number of nitrogens with zero attached hydrogens (tertiary/aromatic N) is 4. The van der Waals surface area contributed by atoms with Crippen LogP contribution in [0.15, 0.2) is 12.3 Å². The summed E-state index contributed by atoms with van der Waals surface area (Å²) in [5.41, 5.74) is 8.95. The Kier molecular flexibility index (Phi) is 2.21. The van der Waals surface area contributed by atoms with Crippen LogP contribution < -0.4 is 5.73 Å². The highest BCUT2D eigenvalue weighted by atomic mass is 15.4. The van der Waals surface area contributed by atoms with E-state index in [2.05, 4.69) is 23.2 Å². The van der Waals surface area contributed by atoms with Crippen LogP contribution in [0.2, 0.25) is 0 Å². The molecule has 0 saturated heterocycles. The van der Waals surface area contributed by atoms with Crippen LogP contribution in [0.5, 0.6) is 0 Å². The van der Waals surface area contributed by atoms with E-state index in [4.69, 9.17) is 5.73 Å². The van der Waals surface area contributed by atoms with Crippen molar-refractivity contribution in [2.75, 3.05) is 5.73 Å². The minimum absolute atomic E-state index is 0.663. The molecule has 2 heterocycles. The monoisotopic (exact) mass is 231 g/mol. The maximum absolute atomic E-state index is 6.10. The summed E-state index contributed by atoms with van der Waals surface area (Å²) in [6.45, 7) is 2.06. The summed E-state index contributed by atoms with van der Waals surface area (Å²) in [6, 6.07) is 2.08. The third kappa shape index (κ3) is 1.62. The van der Waals surface area contributed by atoms with E-state index in [9.17, 15) is 0 Å². The van der Waals surface area contributed by atoms with E-state index in [0.29, 0.717) is 5.92 Å². The molecular formula is C12H17N5. The van der Waals surface area contributed by atoms with Crippen molar-refractivity contribution in [3.63, 3.8) is 0 Å². The van der Waals surface area contributed by atoms with Gasteiger partial charge in [-0.1, -0.05) is 6.92 Å². The first-order valence-electron chi connectivity index (χ1n) is 6.08. The fourth-order valence-corrected chi connectivity index (χ4v) is 2.17. The fourth-order valence-electron chi connectivity index (χ4n) is 2.17. The van der Waals surface area contributed by atoms with Crippen molar-refractivity contribution >= 4 is 5.69 Å². The minimum atomic E-state index is 0.663. The van der Waals surface area contributed by atoms with E-state index in [-0.39, 0.29) is 0 Å². The summed E-state index contributed by atoms with van der Waals surface area (Å²) < 4.78 is 3.65. The second-order valence-electron chi connectivity index (χ2n) is 4.62. The molecule has 5 nitrogen and oxygen atoms in total. The van der Waals surface area contributed by atoms with Crippen molar-refractivity contribution in [3.8, 4) is 5.82 Å². The number of aromatic nitrogens is 4. The standard InChI is InChI=1S/C12H17N5/c1-3-9-11(13)12(16(2)14-9)17-7-6-10(15-17)8-4-5-8/h6-8H,3-5,13H2,1-2H3. The molecule has 90 valence electrons. The average molecular weight is 231 g/mol. The van der Waals surface area contributed by atoms with Gasteiger partial charge in [0.2, 0.25) is 0 Å². The zero-order valence-corrected chi connectivity index (χ0v) is 10.2. The van der Waals surface area contributed by atoms with Crippen molar-refractivity contribution in [1.29, 1.82) is 0 Å². The number of nitrogens with two attached hydrogens (primary N) is 1. The molecule has 0 amide bonds. The second-order valence-corrected chi connectivity index (χ2v) is 4.62. The molecule has 0 spiro atoms. The maximum atomic E-state index is 6.10. The van der Waals surface area contributed by atoms with Gasteiger partial charge >= 0.3 is 0 Å². The molecular weight excluding hydrogens is 214 g/mol. The van der Waals surface area contributed by atoms with Gasteiger partial charge in [-0.05, 0) is 25.3 Å². The Hall–Kier alpha value is -1.78. The van der Waals surface area contributed by atoms with Gasteiger partial charge in [-0.15, -0.1) is 0 Å². The lowest BCUT2D eigenvalue weighted by Gasteiger charge is -2.02. The number of hydrogen-bond acceptors (Lipinski definition) is 3. The van der Waals surface area contributed by atoms with Crippen LogP contribution >= 0.6 is 0 Å². The van der Waals surface area contributed by atoms with Crippen molar-refractivity contribution < 1.29 is 0 Å². The Labute approximate surface area is 100 Å². The van der Waals surface area contributed by atoms with Crippen molar-refractivity contribution in [1.82, 2.24) is 19.6 Å². The van der Waals surface area contributed by atoms with E-state index in [1.165, 1.54) is 18.5 Å². The molecule has 17 heavy (non-hydrogen) atoms. The Balaban J connectivity index is 2.04. The molecule has 1 saturated carbocycles. The molecule has 0 atom stereocenters. The number of nitrogen functional groups attached to an aromatic ring is 1. The van der Waals surface area contributed by atoms with Crippen LogP contribution in [0.25, 0.3) is 5.82 Å². The van der Waals surface area contributed by atoms with Crippen LogP contribution in [0.4, 0.5) is 5.69 Å². The van der Waals surface area contributed by atoms with Crippen LogP contribution in [0.3, 0.4) is 0 Å². The SMILES string of the molecule is CCc1nn(C)c(-n2ccc(C3CC3)n2)c1N. The summed E-state index contributed by atoms with van der Waals surface area (Å²) in [6.07, 6.45) is 5.34. The molecule has 5 heteroatoms. The third-order valence-corrected chi connectivity index (χ3v) is 3.29. The smallest absolute Gasteiger partial charge is 0.175 e. The van der Waals surface area contributed by atoms with E-state index in [1.54, 1.807) is 4.68 Å². The molecule has 2 N–H and O–H groups in total. The van der Waals surface area contributed by atoms with Crippen LogP contribution in [-0.4, -0.2) is 19.6 Å².